The number of aromatic nitrogens is 1. The number of carbonyl (C=O) groups is 3. The lowest BCUT2D eigenvalue weighted by Gasteiger charge is -2.15. The Labute approximate surface area is 230 Å². The molecule has 0 fully saturated rings. The minimum Gasteiger partial charge on any atom is -0.494 e. The van der Waals surface area contributed by atoms with Gasteiger partial charge in [-0.05, 0) is 29.1 Å². The number of ether oxygens (including phenoxy) is 1. The summed E-state index contributed by atoms with van der Waals surface area (Å²) in [4.78, 5) is 41.3. The number of hydrogen-bond donors (Lipinski definition) is 4. The van der Waals surface area contributed by atoms with Crippen LogP contribution in [0.25, 0.3) is 0 Å². The molecule has 0 saturated heterocycles. The Kier molecular flexibility index (Phi) is 10.5. The van der Waals surface area contributed by atoms with Gasteiger partial charge < -0.3 is 26.0 Å². The van der Waals surface area contributed by atoms with Crippen LogP contribution in [0.2, 0.25) is 15.1 Å². The van der Waals surface area contributed by atoms with Crippen molar-refractivity contribution in [2.45, 2.75) is 6.54 Å². The molecule has 9 nitrogen and oxygen atoms in total. The van der Waals surface area contributed by atoms with E-state index in [-0.39, 0.29) is 44.3 Å². The molecule has 1 aromatic carbocycles. The third-order valence-electron chi connectivity index (χ3n) is 4.81. The average molecular weight is 589 g/mol. The molecule has 0 radical (unpaired) electrons. The summed E-state index contributed by atoms with van der Waals surface area (Å²) in [6.45, 7) is -0.137. The van der Waals surface area contributed by atoms with Gasteiger partial charge in [0.2, 0.25) is 0 Å². The van der Waals surface area contributed by atoms with E-state index in [1.807, 2.05) is 0 Å². The number of nitrogens with zero attached hydrogens (tertiary/aromatic N) is 1. The summed E-state index contributed by atoms with van der Waals surface area (Å²) in [5.74, 6) is -1.43. The zero-order valence-corrected chi connectivity index (χ0v) is 22.4. The van der Waals surface area contributed by atoms with E-state index in [0.29, 0.717) is 23.7 Å². The number of benzene rings is 1. The molecule has 0 bridgehead atoms. The van der Waals surface area contributed by atoms with E-state index >= 15 is 0 Å². The number of amides is 3. The summed E-state index contributed by atoms with van der Waals surface area (Å²) < 4.78 is 17.5. The highest BCUT2D eigenvalue weighted by molar-refractivity contribution is 7.13. The molecule has 196 valence electrons. The van der Waals surface area contributed by atoms with Crippen LogP contribution in [0.1, 0.15) is 25.6 Å². The van der Waals surface area contributed by atoms with Gasteiger partial charge in [0.1, 0.15) is 16.4 Å². The van der Waals surface area contributed by atoms with Crippen LogP contribution in [-0.2, 0) is 11.3 Å². The highest BCUT2D eigenvalue weighted by Gasteiger charge is 2.23. The van der Waals surface area contributed by atoms with Crippen LogP contribution in [0.15, 0.2) is 35.8 Å². The molecule has 2 aromatic heterocycles. The maximum Gasteiger partial charge on any atom is 0.267 e. The van der Waals surface area contributed by atoms with E-state index < -0.39 is 24.4 Å². The molecule has 0 unspecified atom stereocenters. The number of nitrogens with one attached hydrogen (secondary N) is 4. The Hall–Kier alpha value is -2.96. The number of methoxy groups -OCH3 is 1. The molecule has 14 heteroatoms. The number of halogens is 4. The SMILES string of the molecule is COc1cc(Cl)cc(C(=O)Nc2ccc(Cl)cn2)c1NC(=O)c1scc(CNCCNC(=O)CF)c1Cl. The monoisotopic (exact) mass is 587 g/mol. The van der Waals surface area contributed by atoms with Crippen molar-refractivity contribution >= 4 is 75.4 Å². The van der Waals surface area contributed by atoms with E-state index in [1.165, 1.54) is 31.5 Å². The summed E-state index contributed by atoms with van der Waals surface area (Å²) >= 11 is 19.6. The Morgan fingerprint density at radius 1 is 1.05 bits per heavy atom. The normalized spacial score (nSPS) is 10.6. The van der Waals surface area contributed by atoms with Crippen molar-refractivity contribution in [3.05, 3.63) is 66.9 Å². The molecular formula is C23H21Cl3FN5O4S. The fraction of sp³-hybridized carbons (Fsp3) is 0.217. The Morgan fingerprint density at radius 2 is 1.84 bits per heavy atom. The molecular weight excluding hydrogens is 568 g/mol. The zero-order chi connectivity index (χ0) is 26.9. The summed E-state index contributed by atoms with van der Waals surface area (Å²) in [6, 6.07) is 5.94. The van der Waals surface area contributed by atoms with Crippen molar-refractivity contribution in [1.82, 2.24) is 15.6 Å². The van der Waals surface area contributed by atoms with Crippen LogP contribution < -0.4 is 26.0 Å². The standard InChI is InChI=1S/C23H21Cl3FN5O4S/c1-36-16-7-14(25)6-15(22(34)31-17-3-2-13(24)10-30-17)20(16)32-23(35)21-19(26)12(11-37-21)9-28-4-5-29-18(33)8-27/h2-3,6-7,10-11,28H,4-5,8-9H2,1H3,(H,29,33)(H,32,35)(H,30,31,34). The van der Waals surface area contributed by atoms with Crippen LogP contribution in [0.3, 0.4) is 0 Å². The number of pyridine rings is 1. The molecule has 0 spiro atoms. The van der Waals surface area contributed by atoms with Crippen LogP contribution >= 0.6 is 46.1 Å². The molecule has 0 aliphatic heterocycles. The van der Waals surface area contributed by atoms with Gasteiger partial charge in [-0.2, -0.15) is 0 Å². The van der Waals surface area contributed by atoms with Crippen molar-refractivity contribution in [2.75, 3.05) is 37.5 Å². The third-order valence-corrected chi connectivity index (χ3v) is 6.82. The molecule has 3 amide bonds. The quantitative estimate of drug-likeness (QED) is 0.239. The van der Waals surface area contributed by atoms with Gasteiger partial charge in [-0.3, -0.25) is 14.4 Å². The van der Waals surface area contributed by atoms with E-state index in [1.54, 1.807) is 11.4 Å². The Balaban J connectivity index is 1.75. The van der Waals surface area contributed by atoms with Gasteiger partial charge >= 0.3 is 0 Å². The Bertz CT molecular complexity index is 1290. The smallest absolute Gasteiger partial charge is 0.267 e. The molecule has 0 aliphatic rings. The van der Waals surface area contributed by atoms with Crippen LogP contribution in [0.4, 0.5) is 15.9 Å². The second-order valence-corrected chi connectivity index (χ2v) is 9.50. The number of rotatable bonds is 11. The summed E-state index contributed by atoms with van der Waals surface area (Å²) in [5.41, 5.74) is 0.791. The molecule has 3 aromatic rings. The van der Waals surface area contributed by atoms with Crippen molar-refractivity contribution in [3.8, 4) is 5.75 Å². The zero-order valence-electron chi connectivity index (χ0n) is 19.3. The number of alkyl halides is 1. The summed E-state index contributed by atoms with van der Waals surface area (Å²) in [5, 5.41) is 13.3. The molecule has 0 saturated carbocycles. The van der Waals surface area contributed by atoms with E-state index in [0.717, 1.165) is 11.3 Å². The summed E-state index contributed by atoms with van der Waals surface area (Å²) in [7, 11) is 1.38. The minimum absolute atomic E-state index is 0.0411. The Morgan fingerprint density at radius 3 is 2.51 bits per heavy atom. The highest BCUT2D eigenvalue weighted by Crippen LogP contribution is 2.35. The van der Waals surface area contributed by atoms with Gasteiger partial charge in [0.25, 0.3) is 17.7 Å². The molecule has 2 heterocycles. The second-order valence-electron chi connectivity index (χ2n) is 7.36. The fourth-order valence-corrected chi connectivity index (χ4v) is 4.65. The lowest BCUT2D eigenvalue weighted by molar-refractivity contribution is -0.121. The maximum atomic E-state index is 13.1. The molecule has 3 rings (SSSR count). The van der Waals surface area contributed by atoms with E-state index in [9.17, 15) is 18.8 Å². The van der Waals surface area contributed by atoms with Crippen molar-refractivity contribution in [3.63, 3.8) is 0 Å². The predicted molar refractivity (Wildman–Crippen MR) is 143 cm³/mol. The van der Waals surface area contributed by atoms with E-state index in [2.05, 4.69) is 26.3 Å². The molecule has 0 atom stereocenters. The van der Waals surface area contributed by atoms with E-state index in [4.69, 9.17) is 39.5 Å². The summed E-state index contributed by atoms with van der Waals surface area (Å²) in [6.07, 6.45) is 1.38. The number of anilines is 2. The topological polar surface area (TPSA) is 121 Å². The third kappa shape index (κ3) is 7.76. The predicted octanol–water partition coefficient (Wildman–Crippen LogP) is 4.79. The maximum absolute atomic E-state index is 13.1. The number of thiophene rings is 1. The lowest BCUT2D eigenvalue weighted by atomic mass is 10.1. The van der Waals surface area contributed by atoms with Gasteiger partial charge in [0, 0.05) is 36.9 Å². The number of carbonyl (C=O) groups excluding carboxylic acids is 3. The first-order valence-electron chi connectivity index (χ1n) is 10.6. The average Bonchev–Trinajstić information content (AvgIpc) is 3.25. The fourth-order valence-electron chi connectivity index (χ4n) is 3.07. The molecule has 4 N–H and O–H groups in total. The van der Waals surface area contributed by atoms with Gasteiger partial charge in [0.15, 0.2) is 6.67 Å². The van der Waals surface area contributed by atoms with Gasteiger partial charge in [-0.1, -0.05) is 34.8 Å². The first-order chi connectivity index (χ1) is 17.7. The van der Waals surface area contributed by atoms with Crippen molar-refractivity contribution in [1.29, 1.82) is 0 Å². The van der Waals surface area contributed by atoms with Gasteiger partial charge in [-0.25, -0.2) is 9.37 Å². The van der Waals surface area contributed by atoms with Crippen molar-refractivity contribution in [2.24, 2.45) is 0 Å². The van der Waals surface area contributed by atoms with Crippen LogP contribution in [0.5, 0.6) is 5.75 Å². The molecule has 37 heavy (non-hydrogen) atoms. The first kappa shape index (κ1) is 28.6. The number of hydrogen-bond acceptors (Lipinski definition) is 7. The minimum atomic E-state index is -1.07. The largest absolute Gasteiger partial charge is 0.494 e. The second kappa shape index (κ2) is 13.5. The van der Waals surface area contributed by atoms with Gasteiger partial charge in [-0.15, -0.1) is 11.3 Å². The van der Waals surface area contributed by atoms with Crippen LogP contribution in [-0.4, -0.2) is 49.6 Å². The first-order valence-corrected chi connectivity index (χ1v) is 12.7. The van der Waals surface area contributed by atoms with Gasteiger partial charge in [0.05, 0.1) is 28.4 Å². The van der Waals surface area contributed by atoms with Crippen molar-refractivity contribution < 1.29 is 23.5 Å². The molecule has 0 aliphatic carbocycles. The highest BCUT2D eigenvalue weighted by atomic mass is 35.5. The lowest BCUT2D eigenvalue weighted by Crippen LogP contribution is -2.32. The van der Waals surface area contributed by atoms with Crippen LogP contribution in [0, 0.1) is 0 Å².